The SMILES string of the molecule is CC(C)CN=C(N)N(C)c1cccc(F)c1. The van der Waals surface area contributed by atoms with Crippen LogP contribution in [-0.4, -0.2) is 19.6 Å². The van der Waals surface area contributed by atoms with Gasteiger partial charge in [-0.25, -0.2) is 4.39 Å². The molecule has 0 bridgehead atoms. The average Bonchev–Trinajstić information content (AvgIpc) is 2.24. The molecule has 1 aromatic carbocycles. The Bertz CT molecular complexity index is 374. The van der Waals surface area contributed by atoms with E-state index in [1.54, 1.807) is 24.1 Å². The van der Waals surface area contributed by atoms with Crippen LogP contribution in [-0.2, 0) is 0 Å². The summed E-state index contributed by atoms with van der Waals surface area (Å²) in [4.78, 5) is 5.90. The van der Waals surface area contributed by atoms with Crippen molar-refractivity contribution in [1.29, 1.82) is 0 Å². The van der Waals surface area contributed by atoms with Gasteiger partial charge in [-0.2, -0.15) is 0 Å². The summed E-state index contributed by atoms with van der Waals surface area (Å²) in [5, 5.41) is 0. The Morgan fingerprint density at radius 3 is 2.75 bits per heavy atom. The standard InChI is InChI=1S/C12H18FN3/c1-9(2)8-15-12(14)16(3)11-6-4-5-10(13)7-11/h4-7,9H,8H2,1-3H3,(H2,14,15). The van der Waals surface area contributed by atoms with Crippen LogP contribution in [0, 0.1) is 11.7 Å². The zero-order valence-electron chi connectivity index (χ0n) is 9.94. The fraction of sp³-hybridized carbons (Fsp3) is 0.417. The molecule has 16 heavy (non-hydrogen) atoms. The summed E-state index contributed by atoms with van der Waals surface area (Å²) in [5.41, 5.74) is 6.50. The first-order valence-corrected chi connectivity index (χ1v) is 5.30. The van der Waals surface area contributed by atoms with E-state index in [1.807, 2.05) is 0 Å². The van der Waals surface area contributed by atoms with E-state index < -0.39 is 0 Å². The largest absolute Gasteiger partial charge is 0.370 e. The van der Waals surface area contributed by atoms with Gasteiger partial charge in [0, 0.05) is 19.3 Å². The van der Waals surface area contributed by atoms with Crippen molar-refractivity contribution in [2.75, 3.05) is 18.5 Å². The molecule has 0 unspecified atom stereocenters. The van der Waals surface area contributed by atoms with E-state index in [0.29, 0.717) is 24.1 Å². The molecular formula is C12H18FN3. The molecule has 0 atom stereocenters. The number of guanidine groups is 1. The highest BCUT2D eigenvalue weighted by Gasteiger charge is 2.05. The summed E-state index contributed by atoms with van der Waals surface area (Å²) in [5.74, 6) is 0.583. The second-order valence-electron chi connectivity index (χ2n) is 4.13. The van der Waals surface area contributed by atoms with Crippen molar-refractivity contribution in [2.45, 2.75) is 13.8 Å². The molecule has 88 valence electrons. The highest BCUT2D eigenvalue weighted by molar-refractivity contribution is 5.94. The lowest BCUT2D eigenvalue weighted by molar-refractivity contribution is 0.628. The monoisotopic (exact) mass is 223 g/mol. The molecule has 0 fully saturated rings. The van der Waals surface area contributed by atoms with Crippen LogP contribution in [0.2, 0.25) is 0 Å². The van der Waals surface area contributed by atoms with Crippen LogP contribution in [0.15, 0.2) is 29.3 Å². The van der Waals surface area contributed by atoms with Gasteiger partial charge in [-0.3, -0.25) is 4.99 Å². The Kier molecular flexibility index (Phi) is 4.28. The van der Waals surface area contributed by atoms with Gasteiger partial charge in [0.2, 0.25) is 0 Å². The van der Waals surface area contributed by atoms with Crippen molar-refractivity contribution in [1.82, 2.24) is 0 Å². The molecule has 2 N–H and O–H groups in total. The smallest absolute Gasteiger partial charge is 0.195 e. The van der Waals surface area contributed by atoms with E-state index in [-0.39, 0.29) is 5.82 Å². The normalized spacial score (nSPS) is 11.9. The van der Waals surface area contributed by atoms with Gasteiger partial charge < -0.3 is 10.6 Å². The molecule has 0 aliphatic carbocycles. The summed E-state index contributed by atoms with van der Waals surface area (Å²) in [6.45, 7) is 4.81. The van der Waals surface area contributed by atoms with Gasteiger partial charge in [-0.05, 0) is 24.1 Å². The van der Waals surface area contributed by atoms with Gasteiger partial charge in [-0.1, -0.05) is 19.9 Å². The van der Waals surface area contributed by atoms with Gasteiger partial charge in [0.05, 0.1) is 0 Å². The molecule has 1 rings (SSSR count). The average molecular weight is 223 g/mol. The minimum absolute atomic E-state index is 0.277. The summed E-state index contributed by atoms with van der Waals surface area (Å²) in [6.07, 6.45) is 0. The van der Waals surface area contributed by atoms with Crippen molar-refractivity contribution in [3.05, 3.63) is 30.1 Å². The zero-order chi connectivity index (χ0) is 12.1. The van der Waals surface area contributed by atoms with E-state index in [0.717, 1.165) is 0 Å². The van der Waals surface area contributed by atoms with Gasteiger partial charge in [0.15, 0.2) is 5.96 Å². The first kappa shape index (κ1) is 12.5. The Morgan fingerprint density at radius 2 is 2.19 bits per heavy atom. The first-order chi connectivity index (χ1) is 7.50. The van der Waals surface area contributed by atoms with E-state index in [2.05, 4.69) is 18.8 Å². The minimum atomic E-state index is -0.277. The van der Waals surface area contributed by atoms with Gasteiger partial charge in [0.1, 0.15) is 5.82 Å². The number of hydrogen-bond donors (Lipinski definition) is 1. The molecule has 3 nitrogen and oxygen atoms in total. The Balaban J connectivity index is 2.77. The van der Waals surface area contributed by atoms with E-state index >= 15 is 0 Å². The third kappa shape index (κ3) is 3.53. The number of anilines is 1. The van der Waals surface area contributed by atoms with Crippen molar-refractivity contribution in [3.63, 3.8) is 0 Å². The molecule has 0 aliphatic rings. The lowest BCUT2D eigenvalue weighted by Crippen LogP contribution is -2.34. The number of benzene rings is 1. The second-order valence-corrected chi connectivity index (χ2v) is 4.13. The Labute approximate surface area is 95.8 Å². The number of aliphatic imine (C=N–C) groups is 1. The molecule has 1 aromatic rings. The van der Waals surface area contributed by atoms with Crippen molar-refractivity contribution < 1.29 is 4.39 Å². The summed E-state index contributed by atoms with van der Waals surface area (Å²) >= 11 is 0. The van der Waals surface area contributed by atoms with Crippen LogP contribution < -0.4 is 10.6 Å². The quantitative estimate of drug-likeness (QED) is 0.630. The maximum Gasteiger partial charge on any atom is 0.195 e. The summed E-state index contributed by atoms with van der Waals surface area (Å²) < 4.78 is 13.0. The fourth-order valence-electron chi connectivity index (χ4n) is 1.20. The number of nitrogens with zero attached hydrogens (tertiary/aromatic N) is 2. The maximum atomic E-state index is 13.0. The van der Waals surface area contributed by atoms with Crippen LogP contribution in [0.25, 0.3) is 0 Å². The van der Waals surface area contributed by atoms with Crippen molar-refractivity contribution in [3.8, 4) is 0 Å². The first-order valence-electron chi connectivity index (χ1n) is 5.30. The third-order valence-corrected chi connectivity index (χ3v) is 2.16. The molecule has 0 radical (unpaired) electrons. The molecule has 0 saturated heterocycles. The predicted molar refractivity (Wildman–Crippen MR) is 66.1 cm³/mol. The zero-order valence-corrected chi connectivity index (χ0v) is 9.94. The molecule has 0 spiro atoms. The van der Waals surface area contributed by atoms with Gasteiger partial charge in [0.25, 0.3) is 0 Å². The molecule has 0 saturated carbocycles. The topological polar surface area (TPSA) is 41.6 Å². The molecule has 0 heterocycles. The third-order valence-electron chi connectivity index (χ3n) is 2.16. The molecular weight excluding hydrogens is 205 g/mol. The van der Waals surface area contributed by atoms with Gasteiger partial charge >= 0.3 is 0 Å². The van der Waals surface area contributed by atoms with Crippen molar-refractivity contribution >= 4 is 11.6 Å². The number of halogens is 1. The summed E-state index contributed by atoms with van der Waals surface area (Å²) in [7, 11) is 1.77. The van der Waals surface area contributed by atoms with Crippen LogP contribution >= 0.6 is 0 Å². The predicted octanol–water partition coefficient (Wildman–Crippen LogP) is 2.23. The van der Waals surface area contributed by atoms with Crippen molar-refractivity contribution in [2.24, 2.45) is 16.6 Å². The van der Waals surface area contributed by atoms with Crippen LogP contribution in [0.4, 0.5) is 10.1 Å². The number of rotatable bonds is 3. The highest BCUT2D eigenvalue weighted by atomic mass is 19.1. The molecule has 4 heteroatoms. The molecule has 0 amide bonds. The molecule has 0 aromatic heterocycles. The number of nitrogens with two attached hydrogens (primary N) is 1. The van der Waals surface area contributed by atoms with Crippen LogP contribution in [0.3, 0.4) is 0 Å². The van der Waals surface area contributed by atoms with E-state index in [9.17, 15) is 4.39 Å². The van der Waals surface area contributed by atoms with Crippen LogP contribution in [0.1, 0.15) is 13.8 Å². The van der Waals surface area contributed by atoms with Gasteiger partial charge in [-0.15, -0.1) is 0 Å². The fourth-order valence-corrected chi connectivity index (χ4v) is 1.20. The highest BCUT2D eigenvalue weighted by Crippen LogP contribution is 2.13. The van der Waals surface area contributed by atoms with E-state index in [1.165, 1.54) is 12.1 Å². The second kappa shape index (κ2) is 5.49. The number of hydrogen-bond acceptors (Lipinski definition) is 1. The lowest BCUT2D eigenvalue weighted by Gasteiger charge is -2.18. The van der Waals surface area contributed by atoms with Crippen LogP contribution in [0.5, 0.6) is 0 Å². The Hall–Kier alpha value is -1.58. The summed E-state index contributed by atoms with van der Waals surface area (Å²) in [6, 6.07) is 6.27. The minimum Gasteiger partial charge on any atom is -0.370 e. The lowest BCUT2D eigenvalue weighted by atomic mass is 10.2. The van der Waals surface area contributed by atoms with E-state index in [4.69, 9.17) is 5.73 Å². The molecule has 0 aliphatic heterocycles. The maximum absolute atomic E-state index is 13.0. The Morgan fingerprint density at radius 1 is 1.50 bits per heavy atom.